The van der Waals surface area contributed by atoms with Crippen LogP contribution in [0.1, 0.15) is 6.92 Å². The van der Waals surface area contributed by atoms with Crippen LogP contribution in [0.25, 0.3) is 0 Å². The Morgan fingerprint density at radius 1 is 1.82 bits per heavy atom. The lowest BCUT2D eigenvalue weighted by Gasteiger charge is -2.22. The minimum absolute atomic E-state index is 0.189. The Balaban J connectivity index is 2.49. The van der Waals surface area contributed by atoms with Gasteiger partial charge in [0.2, 0.25) is 0 Å². The van der Waals surface area contributed by atoms with E-state index in [2.05, 4.69) is 0 Å². The van der Waals surface area contributed by atoms with Gasteiger partial charge in [-0.15, -0.1) is 0 Å². The second-order valence-corrected chi connectivity index (χ2v) is 2.28. The van der Waals surface area contributed by atoms with E-state index < -0.39 is 6.10 Å². The number of carbonyl (C=O) groups is 1. The summed E-state index contributed by atoms with van der Waals surface area (Å²) in [5.74, 6) is 0. The van der Waals surface area contributed by atoms with Gasteiger partial charge in [0.05, 0.1) is 6.61 Å². The lowest BCUT2D eigenvalue weighted by atomic mass is 10.2. The van der Waals surface area contributed by atoms with Crippen molar-refractivity contribution in [3.63, 3.8) is 0 Å². The van der Waals surface area contributed by atoms with Crippen LogP contribution in [0.4, 0.5) is 0 Å². The molecule has 0 N–H and O–H groups in total. The minimum Gasteiger partial charge on any atom is -0.371 e. The standard InChI is InChI=1S/C8H12O3/c1-2-10-7-4-3-5-11-8(7)6-9/h3-4,6-8H,2,5H2,1H3. The van der Waals surface area contributed by atoms with Gasteiger partial charge in [-0.2, -0.15) is 0 Å². The number of hydrogen-bond acceptors (Lipinski definition) is 3. The molecule has 3 nitrogen and oxygen atoms in total. The van der Waals surface area contributed by atoms with Crippen LogP contribution in [-0.2, 0) is 14.3 Å². The van der Waals surface area contributed by atoms with Gasteiger partial charge < -0.3 is 14.3 Å². The molecule has 1 heterocycles. The summed E-state index contributed by atoms with van der Waals surface area (Å²) in [5.41, 5.74) is 0. The first-order chi connectivity index (χ1) is 5.38. The molecular formula is C8H12O3. The van der Waals surface area contributed by atoms with Gasteiger partial charge >= 0.3 is 0 Å². The summed E-state index contributed by atoms with van der Waals surface area (Å²) in [7, 11) is 0. The van der Waals surface area contributed by atoms with Crippen LogP contribution in [0.3, 0.4) is 0 Å². The van der Waals surface area contributed by atoms with E-state index in [0.29, 0.717) is 13.2 Å². The average molecular weight is 156 g/mol. The smallest absolute Gasteiger partial charge is 0.151 e. The maximum Gasteiger partial charge on any atom is 0.151 e. The SMILES string of the molecule is CCOC1C=CCOC1C=O. The van der Waals surface area contributed by atoms with E-state index in [-0.39, 0.29) is 6.10 Å². The van der Waals surface area contributed by atoms with Gasteiger partial charge in [-0.05, 0) is 6.92 Å². The fourth-order valence-corrected chi connectivity index (χ4v) is 1.02. The first-order valence-electron chi connectivity index (χ1n) is 3.73. The summed E-state index contributed by atoms with van der Waals surface area (Å²) in [6.45, 7) is 3.00. The molecule has 0 saturated heterocycles. The molecular weight excluding hydrogens is 144 g/mol. The predicted octanol–water partition coefficient (Wildman–Crippen LogP) is 0.545. The Bertz CT molecular complexity index is 153. The van der Waals surface area contributed by atoms with Gasteiger partial charge in [0.25, 0.3) is 0 Å². The third-order valence-electron chi connectivity index (χ3n) is 1.53. The summed E-state index contributed by atoms with van der Waals surface area (Å²) in [6, 6.07) is 0. The third-order valence-corrected chi connectivity index (χ3v) is 1.53. The molecule has 0 aliphatic carbocycles. The van der Waals surface area contributed by atoms with E-state index in [9.17, 15) is 4.79 Å². The maximum atomic E-state index is 10.4. The average Bonchev–Trinajstić information content (AvgIpc) is 2.06. The minimum atomic E-state index is -0.417. The molecule has 0 aromatic rings. The van der Waals surface area contributed by atoms with Crippen LogP contribution in [0.15, 0.2) is 12.2 Å². The summed E-state index contributed by atoms with van der Waals surface area (Å²) >= 11 is 0. The Hall–Kier alpha value is -0.670. The molecule has 0 amide bonds. The van der Waals surface area contributed by atoms with Gasteiger partial charge in [-0.3, -0.25) is 0 Å². The molecule has 0 fully saturated rings. The highest BCUT2D eigenvalue weighted by molar-refractivity contribution is 5.58. The molecule has 11 heavy (non-hydrogen) atoms. The lowest BCUT2D eigenvalue weighted by molar-refractivity contribution is -0.126. The van der Waals surface area contributed by atoms with Crippen LogP contribution in [-0.4, -0.2) is 31.7 Å². The highest BCUT2D eigenvalue weighted by Gasteiger charge is 2.21. The van der Waals surface area contributed by atoms with Gasteiger partial charge in [0.1, 0.15) is 12.2 Å². The number of aldehydes is 1. The molecule has 0 radical (unpaired) electrons. The molecule has 0 bridgehead atoms. The number of hydrogen-bond donors (Lipinski definition) is 0. The number of rotatable bonds is 3. The summed E-state index contributed by atoms with van der Waals surface area (Å²) in [6.07, 6.45) is 3.90. The Labute approximate surface area is 66.0 Å². The van der Waals surface area contributed by atoms with Crippen molar-refractivity contribution in [2.75, 3.05) is 13.2 Å². The lowest BCUT2D eigenvalue weighted by Crippen LogP contribution is -2.34. The van der Waals surface area contributed by atoms with Crippen molar-refractivity contribution < 1.29 is 14.3 Å². The van der Waals surface area contributed by atoms with Crippen molar-refractivity contribution >= 4 is 6.29 Å². The van der Waals surface area contributed by atoms with Crippen molar-refractivity contribution in [3.05, 3.63) is 12.2 Å². The maximum absolute atomic E-state index is 10.4. The quantitative estimate of drug-likeness (QED) is 0.442. The molecule has 0 spiro atoms. The zero-order valence-electron chi connectivity index (χ0n) is 6.53. The monoisotopic (exact) mass is 156 g/mol. The van der Waals surface area contributed by atoms with E-state index in [0.717, 1.165) is 6.29 Å². The van der Waals surface area contributed by atoms with Crippen molar-refractivity contribution in [1.82, 2.24) is 0 Å². The molecule has 2 atom stereocenters. The molecule has 1 rings (SSSR count). The first kappa shape index (κ1) is 8.43. The molecule has 1 aliphatic heterocycles. The van der Waals surface area contributed by atoms with Crippen molar-refractivity contribution in [2.45, 2.75) is 19.1 Å². The second kappa shape index (κ2) is 4.26. The van der Waals surface area contributed by atoms with E-state index in [1.165, 1.54) is 0 Å². The molecule has 0 aromatic carbocycles. The number of ether oxygens (including phenoxy) is 2. The molecule has 62 valence electrons. The Kier molecular flexibility index (Phi) is 3.26. The van der Waals surface area contributed by atoms with E-state index >= 15 is 0 Å². The van der Waals surface area contributed by atoms with Gasteiger partial charge in [0.15, 0.2) is 6.29 Å². The zero-order valence-corrected chi connectivity index (χ0v) is 6.53. The number of carbonyl (C=O) groups excluding carboxylic acids is 1. The summed E-state index contributed by atoms with van der Waals surface area (Å²) < 4.78 is 10.4. The van der Waals surface area contributed by atoms with Gasteiger partial charge in [-0.1, -0.05) is 12.2 Å². The zero-order chi connectivity index (χ0) is 8.10. The Morgan fingerprint density at radius 2 is 2.64 bits per heavy atom. The van der Waals surface area contributed by atoms with Crippen LogP contribution < -0.4 is 0 Å². The van der Waals surface area contributed by atoms with Crippen LogP contribution in [0, 0.1) is 0 Å². The highest BCUT2D eigenvalue weighted by Crippen LogP contribution is 2.08. The fraction of sp³-hybridized carbons (Fsp3) is 0.625. The highest BCUT2D eigenvalue weighted by atomic mass is 16.5. The van der Waals surface area contributed by atoms with Crippen LogP contribution >= 0.6 is 0 Å². The van der Waals surface area contributed by atoms with Crippen molar-refractivity contribution in [3.8, 4) is 0 Å². The molecule has 2 unspecified atom stereocenters. The van der Waals surface area contributed by atoms with E-state index in [1.54, 1.807) is 0 Å². The van der Waals surface area contributed by atoms with Crippen LogP contribution in [0.2, 0.25) is 0 Å². The fourth-order valence-electron chi connectivity index (χ4n) is 1.02. The predicted molar refractivity (Wildman–Crippen MR) is 40.4 cm³/mol. The van der Waals surface area contributed by atoms with Gasteiger partial charge in [0, 0.05) is 6.61 Å². The normalized spacial score (nSPS) is 30.3. The summed E-state index contributed by atoms with van der Waals surface area (Å²) in [4.78, 5) is 10.4. The summed E-state index contributed by atoms with van der Waals surface area (Å²) in [5, 5.41) is 0. The topological polar surface area (TPSA) is 35.5 Å². The Morgan fingerprint density at radius 3 is 3.27 bits per heavy atom. The second-order valence-electron chi connectivity index (χ2n) is 2.28. The van der Waals surface area contributed by atoms with Crippen molar-refractivity contribution in [1.29, 1.82) is 0 Å². The third kappa shape index (κ3) is 2.13. The molecule has 3 heteroatoms. The van der Waals surface area contributed by atoms with E-state index in [4.69, 9.17) is 9.47 Å². The van der Waals surface area contributed by atoms with Crippen LogP contribution in [0.5, 0.6) is 0 Å². The molecule has 0 aromatic heterocycles. The molecule has 1 aliphatic rings. The van der Waals surface area contributed by atoms with Gasteiger partial charge in [-0.25, -0.2) is 0 Å². The largest absolute Gasteiger partial charge is 0.371 e. The molecule has 0 saturated carbocycles. The van der Waals surface area contributed by atoms with Crippen molar-refractivity contribution in [2.24, 2.45) is 0 Å². The first-order valence-corrected chi connectivity index (χ1v) is 3.73. The van der Waals surface area contributed by atoms with E-state index in [1.807, 2.05) is 19.1 Å².